The predicted molar refractivity (Wildman–Crippen MR) is 109 cm³/mol. The molecule has 14 heteroatoms. The largest absolute Gasteiger partial charge is 0.481 e. The van der Waals surface area contributed by atoms with E-state index in [-0.39, 0.29) is 12.8 Å². The van der Waals surface area contributed by atoms with Crippen LogP contribution < -0.4 is 27.4 Å². The normalized spacial score (nSPS) is 15.6. The Labute approximate surface area is 184 Å². The van der Waals surface area contributed by atoms with E-state index in [1.807, 2.05) is 5.32 Å². The molecule has 4 amide bonds. The van der Waals surface area contributed by atoms with Crippen LogP contribution in [0.15, 0.2) is 0 Å². The smallest absolute Gasteiger partial charge is 0.326 e. The number of rotatable bonds is 14. The number of aliphatic carboxylic acids is 2. The van der Waals surface area contributed by atoms with Gasteiger partial charge in [0.2, 0.25) is 23.6 Å². The van der Waals surface area contributed by atoms with Gasteiger partial charge in [0.15, 0.2) is 0 Å². The van der Waals surface area contributed by atoms with Crippen molar-refractivity contribution in [3.8, 4) is 0 Å². The summed E-state index contributed by atoms with van der Waals surface area (Å²) < 4.78 is 0. The molecule has 0 spiro atoms. The standard InChI is InChI=1S/C18H31N5O9/c1-7(2)13(22-15(28)9(19)4-5-12(26)27)16(29)23-14(8(3)24)17(30)21-10(18(31)32)6-11(20)25/h7-10,13-14,24H,4-6,19H2,1-3H3,(H2,20,25)(H,21,30)(H,22,28)(H,23,29)(H,26,27)(H,31,32). The fraction of sp³-hybridized carbons (Fsp3) is 0.667. The van der Waals surface area contributed by atoms with E-state index in [4.69, 9.17) is 21.7 Å². The molecule has 0 aliphatic heterocycles. The van der Waals surface area contributed by atoms with E-state index >= 15 is 0 Å². The van der Waals surface area contributed by atoms with Crippen LogP contribution in [0.4, 0.5) is 0 Å². The summed E-state index contributed by atoms with van der Waals surface area (Å²) in [6.07, 6.45) is -2.69. The van der Waals surface area contributed by atoms with Crippen molar-refractivity contribution < 1.29 is 44.1 Å². The molecule has 0 radical (unpaired) electrons. The third kappa shape index (κ3) is 10.2. The lowest BCUT2D eigenvalue weighted by Gasteiger charge is -2.28. The maximum absolute atomic E-state index is 12.7. The lowest BCUT2D eigenvalue weighted by atomic mass is 10.0. The van der Waals surface area contributed by atoms with Crippen LogP contribution in [-0.2, 0) is 28.8 Å². The zero-order valence-electron chi connectivity index (χ0n) is 18.0. The Bertz CT molecular complexity index is 726. The topological polar surface area (TPSA) is 251 Å². The van der Waals surface area contributed by atoms with Gasteiger partial charge >= 0.3 is 11.9 Å². The number of primary amides is 1. The number of carbonyl (C=O) groups excluding carboxylic acids is 4. The van der Waals surface area contributed by atoms with Gasteiger partial charge in [-0.2, -0.15) is 0 Å². The van der Waals surface area contributed by atoms with Crippen LogP contribution >= 0.6 is 0 Å². The first-order chi connectivity index (χ1) is 14.7. The summed E-state index contributed by atoms with van der Waals surface area (Å²) in [5.74, 6) is -6.92. The van der Waals surface area contributed by atoms with Gasteiger partial charge in [-0.1, -0.05) is 13.8 Å². The summed E-state index contributed by atoms with van der Waals surface area (Å²) in [7, 11) is 0. The van der Waals surface area contributed by atoms with Gasteiger partial charge in [0, 0.05) is 6.42 Å². The molecule has 0 saturated heterocycles. The molecular weight excluding hydrogens is 430 g/mol. The van der Waals surface area contributed by atoms with E-state index in [9.17, 15) is 33.9 Å². The van der Waals surface area contributed by atoms with Gasteiger partial charge in [-0.25, -0.2) is 4.79 Å². The first-order valence-corrected chi connectivity index (χ1v) is 9.75. The number of amides is 4. The molecule has 0 aliphatic rings. The van der Waals surface area contributed by atoms with Crippen molar-refractivity contribution in [2.75, 3.05) is 0 Å². The van der Waals surface area contributed by atoms with Crippen LogP contribution in [-0.4, -0.2) is 81.2 Å². The molecule has 5 unspecified atom stereocenters. The Hall–Kier alpha value is -3.26. The lowest BCUT2D eigenvalue weighted by molar-refractivity contribution is -0.144. The van der Waals surface area contributed by atoms with Crippen molar-refractivity contribution in [3.05, 3.63) is 0 Å². The van der Waals surface area contributed by atoms with Crippen molar-refractivity contribution in [2.45, 2.75) is 70.3 Å². The quantitative estimate of drug-likeness (QED) is 0.127. The molecule has 0 aromatic rings. The highest BCUT2D eigenvalue weighted by atomic mass is 16.4. The Kier molecular flexibility index (Phi) is 11.9. The lowest BCUT2D eigenvalue weighted by Crippen LogP contribution is -2.61. The number of aliphatic hydroxyl groups is 1. The highest BCUT2D eigenvalue weighted by molar-refractivity contribution is 5.95. The van der Waals surface area contributed by atoms with Crippen LogP contribution in [0, 0.1) is 5.92 Å². The van der Waals surface area contributed by atoms with Crippen LogP contribution in [0.3, 0.4) is 0 Å². The maximum atomic E-state index is 12.7. The minimum Gasteiger partial charge on any atom is -0.481 e. The average Bonchev–Trinajstić information content (AvgIpc) is 2.66. The van der Waals surface area contributed by atoms with Crippen LogP contribution in [0.2, 0.25) is 0 Å². The number of aliphatic hydroxyl groups excluding tert-OH is 1. The predicted octanol–water partition coefficient (Wildman–Crippen LogP) is -3.37. The van der Waals surface area contributed by atoms with E-state index in [0.29, 0.717) is 0 Å². The Morgan fingerprint density at radius 1 is 0.844 bits per heavy atom. The van der Waals surface area contributed by atoms with Crippen LogP contribution in [0.25, 0.3) is 0 Å². The summed E-state index contributed by atoms with van der Waals surface area (Å²) in [5, 5.41) is 34.3. The molecule has 0 aromatic carbocycles. The van der Waals surface area contributed by atoms with Gasteiger partial charge in [0.25, 0.3) is 0 Å². The number of carboxylic acids is 2. The molecule has 14 nitrogen and oxygen atoms in total. The van der Waals surface area contributed by atoms with Gasteiger partial charge in [-0.15, -0.1) is 0 Å². The highest BCUT2D eigenvalue weighted by Crippen LogP contribution is 2.06. The molecule has 0 saturated carbocycles. The second kappa shape index (κ2) is 13.2. The van der Waals surface area contributed by atoms with Gasteiger partial charge < -0.3 is 42.7 Å². The zero-order chi connectivity index (χ0) is 25.2. The number of carboxylic acid groups (broad SMARTS) is 2. The second-order valence-corrected chi connectivity index (χ2v) is 7.57. The summed E-state index contributed by atoms with van der Waals surface area (Å²) in [4.78, 5) is 70.1. The number of nitrogens with one attached hydrogen (secondary N) is 3. The molecule has 182 valence electrons. The molecule has 0 aliphatic carbocycles. The number of carbonyl (C=O) groups is 6. The Balaban J connectivity index is 5.33. The highest BCUT2D eigenvalue weighted by Gasteiger charge is 2.34. The molecule has 10 N–H and O–H groups in total. The van der Waals surface area contributed by atoms with Crippen molar-refractivity contribution in [1.29, 1.82) is 0 Å². The maximum Gasteiger partial charge on any atom is 0.326 e. The summed E-state index contributed by atoms with van der Waals surface area (Å²) in [6.45, 7) is 4.33. The summed E-state index contributed by atoms with van der Waals surface area (Å²) in [6, 6.07) is -5.68. The molecule has 0 aromatic heterocycles. The van der Waals surface area contributed by atoms with E-state index < -0.39 is 78.2 Å². The fourth-order valence-corrected chi connectivity index (χ4v) is 2.52. The minimum absolute atomic E-state index is 0.164. The van der Waals surface area contributed by atoms with Crippen LogP contribution in [0.5, 0.6) is 0 Å². The van der Waals surface area contributed by atoms with E-state index in [0.717, 1.165) is 0 Å². The van der Waals surface area contributed by atoms with E-state index in [2.05, 4.69) is 10.6 Å². The monoisotopic (exact) mass is 461 g/mol. The number of nitrogens with two attached hydrogens (primary N) is 2. The van der Waals surface area contributed by atoms with Gasteiger partial charge in [0.1, 0.15) is 18.1 Å². The van der Waals surface area contributed by atoms with Crippen molar-refractivity contribution in [1.82, 2.24) is 16.0 Å². The summed E-state index contributed by atoms with van der Waals surface area (Å²) >= 11 is 0. The van der Waals surface area contributed by atoms with E-state index in [1.54, 1.807) is 13.8 Å². The molecule has 0 fully saturated rings. The van der Waals surface area contributed by atoms with Crippen LogP contribution in [0.1, 0.15) is 40.0 Å². The number of hydrogen-bond donors (Lipinski definition) is 8. The van der Waals surface area contributed by atoms with Crippen molar-refractivity contribution in [3.63, 3.8) is 0 Å². The second-order valence-electron chi connectivity index (χ2n) is 7.57. The molecule has 0 rings (SSSR count). The molecular formula is C18H31N5O9. The minimum atomic E-state index is -1.68. The van der Waals surface area contributed by atoms with Gasteiger partial charge in [0.05, 0.1) is 18.6 Å². The molecule has 32 heavy (non-hydrogen) atoms. The zero-order valence-corrected chi connectivity index (χ0v) is 18.0. The first kappa shape index (κ1) is 28.7. The van der Waals surface area contributed by atoms with Crippen molar-refractivity contribution >= 4 is 35.6 Å². The van der Waals surface area contributed by atoms with Gasteiger partial charge in [-0.3, -0.25) is 24.0 Å². The SMILES string of the molecule is CC(C)C(NC(=O)C(N)CCC(=O)O)C(=O)NC(C(=O)NC(CC(N)=O)C(=O)O)C(C)O. The Morgan fingerprint density at radius 3 is 1.75 bits per heavy atom. The third-order valence-corrected chi connectivity index (χ3v) is 4.34. The average molecular weight is 461 g/mol. The third-order valence-electron chi connectivity index (χ3n) is 4.34. The fourth-order valence-electron chi connectivity index (χ4n) is 2.52. The summed E-state index contributed by atoms with van der Waals surface area (Å²) in [5.41, 5.74) is 10.6. The molecule has 0 heterocycles. The molecule has 5 atom stereocenters. The van der Waals surface area contributed by atoms with E-state index in [1.165, 1.54) is 6.92 Å². The number of hydrogen-bond acceptors (Lipinski definition) is 8. The van der Waals surface area contributed by atoms with Crippen molar-refractivity contribution in [2.24, 2.45) is 17.4 Å². The Morgan fingerprint density at radius 2 is 1.34 bits per heavy atom. The molecule has 0 bridgehead atoms. The van der Waals surface area contributed by atoms with Gasteiger partial charge in [-0.05, 0) is 19.3 Å². The first-order valence-electron chi connectivity index (χ1n) is 9.75.